The van der Waals surface area contributed by atoms with Gasteiger partial charge in [0.2, 0.25) is 10.0 Å². The maximum atomic E-state index is 12.9. The molecule has 0 aliphatic heterocycles. The van der Waals surface area contributed by atoms with Gasteiger partial charge in [-0.2, -0.15) is 4.31 Å². The van der Waals surface area contributed by atoms with Crippen LogP contribution in [0, 0.1) is 5.82 Å². The van der Waals surface area contributed by atoms with Crippen molar-refractivity contribution in [2.24, 2.45) is 0 Å². The summed E-state index contributed by atoms with van der Waals surface area (Å²) >= 11 is 0. The lowest BCUT2D eigenvalue weighted by Gasteiger charge is -2.21. The summed E-state index contributed by atoms with van der Waals surface area (Å²) in [5.74, 6) is -1.26. The molecule has 0 heterocycles. The van der Waals surface area contributed by atoms with Crippen LogP contribution < -0.4 is 0 Å². The molecule has 0 spiro atoms. The zero-order valence-electron chi connectivity index (χ0n) is 16.6. The summed E-state index contributed by atoms with van der Waals surface area (Å²) in [6, 6.07) is 10.7. The molecule has 29 heavy (non-hydrogen) atoms. The number of hydrogen-bond donors (Lipinski definition) is 0. The summed E-state index contributed by atoms with van der Waals surface area (Å²) in [5.41, 5.74) is 0.512. The number of nitrogens with zero attached hydrogens (tertiary/aromatic N) is 1. The molecule has 0 N–H and O–H groups in total. The number of ketones is 1. The molecule has 0 atom stereocenters. The van der Waals surface area contributed by atoms with Crippen molar-refractivity contribution < 1.29 is 27.1 Å². The van der Waals surface area contributed by atoms with E-state index in [2.05, 4.69) is 0 Å². The van der Waals surface area contributed by atoms with Gasteiger partial charge in [0, 0.05) is 25.1 Å². The van der Waals surface area contributed by atoms with Crippen molar-refractivity contribution >= 4 is 21.8 Å². The summed E-state index contributed by atoms with van der Waals surface area (Å²) in [6.45, 7) is 3.51. The lowest BCUT2D eigenvalue weighted by atomic mass is 10.1. The van der Waals surface area contributed by atoms with Crippen LogP contribution in [0.3, 0.4) is 0 Å². The quantitative estimate of drug-likeness (QED) is 0.351. The van der Waals surface area contributed by atoms with E-state index in [4.69, 9.17) is 4.74 Å². The fraction of sp³-hybridized carbons (Fsp3) is 0.333. The Labute approximate surface area is 170 Å². The molecule has 2 rings (SSSR count). The van der Waals surface area contributed by atoms with Crippen LogP contribution in [-0.4, -0.2) is 44.2 Å². The van der Waals surface area contributed by atoms with Crippen LogP contribution >= 0.6 is 0 Å². The summed E-state index contributed by atoms with van der Waals surface area (Å²) in [4.78, 5) is 24.2. The smallest absolute Gasteiger partial charge is 0.338 e. The highest BCUT2D eigenvalue weighted by Gasteiger charge is 2.24. The van der Waals surface area contributed by atoms with Gasteiger partial charge in [-0.15, -0.1) is 0 Å². The molecule has 156 valence electrons. The Morgan fingerprint density at radius 1 is 1.07 bits per heavy atom. The van der Waals surface area contributed by atoms with Gasteiger partial charge in [-0.05, 0) is 62.7 Å². The topological polar surface area (TPSA) is 80.8 Å². The number of benzene rings is 2. The minimum absolute atomic E-state index is 0.00857. The molecule has 2 aromatic rings. The summed E-state index contributed by atoms with van der Waals surface area (Å²) in [7, 11) is -2.23. The molecular formula is C21H24FNO5S. The molecule has 0 radical (unpaired) electrons. The minimum atomic E-state index is -3.71. The van der Waals surface area contributed by atoms with Gasteiger partial charge in [0.1, 0.15) is 5.82 Å². The van der Waals surface area contributed by atoms with E-state index in [-0.39, 0.29) is 35.3 Å². The van der Waals surface area contributed by atoms with Crippen molar-refractivity contribution in [2.45, 2.75) is 37.6 Å². The third-order valence-electron chi connectivity index (χ3n) is 4.42. The van der Waals surface area contributed by atoms with Crippen LogP contribution in [0.1, 0.15) is 47.4 Å². The second-order valence-electron chi connectivity index (χ2n) is 6.81. The van der Waals surface area contributed by atoms with Crippen molar-refractivity contribution in [1.29, 1.82) is 0 Å². The van der Waals surface area contributed by atoms with Gasteiger partial charge in [-0.1, -0.05) is 6.07 Å². The lowest BCUT2D eigenvalue weighted by molar-refractivity contribution is 0.0494. The molecular weight excluding hydrogens is 397 g/mol. The Morgan fingerprint density at radius 2 is 1.72 bits per heavy atom. The van der Waals surface area contributed by atoms with E-state index in [1.807, 2.05) is 0 Å². The molecule has 6 nitrogen and oxygen atoms in total. The van der Waals surface area contributed by atoms with Crippen molar-refractivity contribution in [3.8, 4) is 0 Å². The van der Waals surface area contributed by atoms with Gasteiger partial charge in [-0.25, -0.2) is 17.6 Å². The van der Waals surface area contributed by atoms with E-state index in [1.165, 1.54) is 59.9 Å². The average molecular weight is 421 g/mol. The molecule has 0 aliphatic carbocycles. The molecule has 8 heteroatoms. The maximum Gasteiger partial charge on any atom is 0.338 e. The first-order chi connectivity index (χ1) is 13.6. The first-order valence-corrected chi connectivity index (χ1v) is 10.6. The van der Waals surface area contributed by atoms with E-state index in [1.54, 1.807) is 13.8 Å². The van der Waals surface area contributed by atoms with Gasteiger partial charge in [0.25, 0.3) is 0 Å². The van der Waals surface area contributed by atoms with Crippen molar-refractivity contribution in [1.82, 2.24) is 4.31 Å². The number of Topliss-reactive ketones (excluding diaryl/α,β-unsaturated/α-hetero) is 1. The van der Waals surface area contributed by atoms with Crippen LogP contribution in [0.5, 0.6) is 0 Å². The zero-order valence-corrected chi connectivity index (χ0v) is 17.4. The van der Waals surface area contributed by atoms with Crippen LogP contribution in [0.4, 0.5) is 4.39 Å². The second-order valence-corrected chi connectivity index (χ2v) is 8.81. The SMILES string of the molecule is CC(C)N(C)S(=O)(=O)c1cccc(C(=O)OCCCC(=O)c2ccc(F)cc2)c1. The van der Waals surface area contributed by atoms with Gasteiger partial charge < -0.3 is 4.74 Å². The standard InChI is InChI=1S/C21H24FNO5S/c1-15(2)23(3)29(26,27)19-7-4-6-17(14-19)21(25)28-13-5-8-20(24)16-9-11-18(22)12-10-16/h4,6-7,9-12,14-15H,5,8,13H2,1-3H3. The number of ether oxygens (including phenoxy) is 1. The Kier molecular flexibility index (Phi) is 7.64. The van der Waals surface area contributed by atoms with E-state index in [9.17, 15) is 22.4 Å². The van der Waals surface area contributed by atoms with E-state index >= 15 is 0 Å². The van der Waals surface area contributed by atoms with Gasteiger partial charge >= 0.3 is 5.97 Å². The van der Waals surface area contributed by atoms with Crippen LogP contribution in [-0.2, 0) is 14.8 Å². The first kappa shape index (κ1) is 22.7. The Hall–Kier alpha value is -2.58. The Balaban J connectivity index is 1.93. The third-order valence-corrected chi connectivity index (χ3v) is 6.45. The van der Waals surface area contributed by atoms with Crippen LogP contribution in [0.2, 0.25) is 0 Å². The lowest BCUT2D eigenvalue weighted by Crippen LogP contribution is -2.33. The highest BCUT2D eigenvalue weighted by molar-refractivity contribution is 7.89. The molecule has 0 amide bonds. The summed E-state index contributed by atoms with van der Waals surface area (Å²) in [5, 5.41) is 0. The van der Waals surface area contributed by atoms with Crippen molar-refractivity contribution in [3.63, 3.8) is 0 Å². The molecule has 0 fully saturated rings. The zero-order chi connectivity index (χ0) is 21.6. The summed E-state index contributed by atoms with van der Waals surface area (Å²) < 4.78 is 44.4. The minimum Gasteiger partial charge on any atom is -0.462 e. The number of rotatable bonds is 9. The normalized spacial score (nSPS) is 11.7. The second kappa shape index (κ2) is 9.76. The number of carbonyl (C=O) groups is 2. The predicted octanol–water partition coefficient (Wildman–Crippen LogP) is 3.67. The number of sulfonamides is 1. The van der Waals surface area contributed by atoms with Crippen LogP contribution in [0.25, 0.3) is 0 Å². The van der Waals surface area contributed by atoms with Crippen molar-refractivity contribution in [2.75, 3.05) is 13.7 Å². The Bertz CT molecular complexity index is 971. The van der Waals surface area contributed by atoms with Crippen LogP contribution in [0.15, 0.2) is 53.4 Å². The highest BCUT2D eigenvalue weighted by Crippen LogP contribution is 2.18. The predicted molar refractivity (Wildman–Crippen MR) is 107 cm³/mol. The largest absolute Gasteiger partial charge is 0.462 e. The molecule has 0 aliphatic rings. The Morgan fingerprint density at radius 3 is 2.34 bits per heavy atom. The fourth-order valence-corrected chi connectivity index (χ4v) is 3.90. The monoisotopic (exact) mass is 421 g/mol. The number of esters is 1. The van der Waals surface area contributed by atoms with E-state index in [0.29, 0.717) is 12.0 Å². The molecule has 0 saturated heterocycles. The molecule has 0 bridgehead atoms. The van der Waals surface area contributed by atoms with E-state index in [0.717, 1.165) is 0 Å². The van der Waals surface area contributed by atoms with E-state index < -0.39 is 21.8 Å². The number of carbonyl (C=O) groups excluding carboxylic acids is 2. The molecule has 2 aromatic carbocycles. The average Bonchev–Trinajstić information content (AvgIpc) is 2.70. The van der Waals surface area contributed by atoms with Gasteiger partial charge in [-0.3, -0.25) is 4.79 Å². The van der Waals surface area contributed by atoms with Crippen molar-refractivity contribution in [3.05, 3.63) is 65.5 Å². The third kappa shape index (κ3) is 5.95. The molecule has 0 aromatic heterocycles. The summed E-state index contributed by atoms with van der Waals surface area (Å²) in [6.07, 6.45) is 0.447. The van der Waals surface area contributed by atoms with Gasteiger partial charge in [0.15, 0.2) is 5.78 Å². The first-order valence-electron chi connectivity index (χ1n) is 9.17. The fourth-order valence-electron chi connectivity index (χ4n) is 2.49. The maximum absolute atomic E-state index is 12.9. The highest BCUT2D eigenvalue weighted by atomic mass is 32.2. The molecule has 0 unspecified atom stereocenters. The number of hydrogen-bond acceptors (Lipinski definition) is 5. The number of halogens is 1. The molecule has 0 saturated carbocycles. The van der Waals surface area contributed by atoms with Gasteiger partial charge in [0.05, 0.1) is 17.1 Å².